The Balaban J connectivity index is 2.19. The van der Waals surface area contributed by atoms with Gasteiger partial charge < -0.3 is 10.6 Å². The topological polar surface area (TPSA) is 37.0 Å². The van der Waals surface area contributed by atoms with Gasteiger partial charge in [-0.1, -0.05) is 36.2 Å². The van der Waals surface area contributed by atoms with Crippen LogP contribution in [0.1, 0.15) is 13.3 Å². The quantitative estimate of drug-likeness (QED) is 0.819. The monoisotopic (exact) mass is 295 g/mol. The second-order valence-corrected chi connectivity index (χ2v) is 4.93. The van der Waals surface area contributed by atoms with Gasteiger partial charge in [-0.2, -0.15) is 0 Å². The van der Waals surface area contributed by atoms with Gasteiger partial charge in [-0.05, 0) is 24.6 Å². The minimum Gasteiger partial charge on any atom is -0.384 e. The lowest BCUT2D eigenvalue weighted by Gasteiger charge is -2.11. The van der Waals surface area contributed by atoms with Crippen molar-refractivity contribution >= 4 is 40.3 Å². The molecule has 0 amide bonds. The Kier molecular flexibility index (Phi) is 4.88. The maximum atomic E-state index is 6.12. The lowest BCUT2D eigenvalue weighted by Crippen LogP contribution is -2.01. The van der Waals surface area contributed by atoms with Crippen LogP contribution in [0.5, 0.6) is 0 Å². The molecule has 1 aromatic heterocycles. The standard InChI is InChI=1S/C14H15Cl2N3/c1-2-6-18-10-7-11(9-17-8-10)19-14-12(15)4-3-5-13(14)16/h3-5,7-9,18-19H,2,6H2,1H3. The molecule has 0 saturated heterocycles. The molecule has 100 valence electrons. The van der Waals surface area contributed by atoms with Crippen molar-refractivity contribution in [2.24, 2.45) is 0 Å². The molecule has 1 heterocycles. The van der Waals surface area contributed by atoms with E-state index in [1.54, 1.807) is 24.5 Å². The molecule has 0 fully saturated rings. The molecular weight excluding hydrogens is 281 g/mol. The number of benzene rings is 1. The molecule has 0 aliphatic rings. The molecular formula is C14H15Cl2N3. The highest BCUT2D eigenvalue weighted by Gasteiger charge is 2.06. The molecule has 0 aliphatic carbocycles. The van der Waals surface area contributed by atoms with Crippen LogP contribution in [0.2, 0.25) is 10.0 Å². The summed E-state index contributed by atoms with van der Waals surface area (Å²) in [6.07, 6.45) is 4.58. The van der Waals surface area contributed by atoms with Crippen molar-refractivity contribution in [2.45, 2.75) is 13.3 Å². The molecule has 0 spiro atoms. The first kappa shape index (κ1) is 14.0. The zero-order valence-corrected chi connectivity index (χ0v) is 12.1. The van der Waals surface area contributed by atoms with Crippen molar-refractivity contribution in [1.82, 2.24) is 4.98 Å². The Morgan fingerprint density at radius 2 is 1.79 bits per heavy atom. The van der Waals surface area contributed by atoms with E-state index in [9.17, 15) is 0 Å². The fraction of sp³-hybridized carbons (Fsp3) is 0.214. The molecule has 0 aliphatic heterocycles. The molecule has 19 heavy (non-hydrogen) atoms. The van der Waals surface area contributed by atoms with Gasteiger partial charge in [0.15, 0.2) is 0 Å². The summed E-state index contributed by atoms with van der Waals surface area (Å²) in [6.45, 7) is 3.03. The summed E-state index contributed by atoms with van der Waals surface area (Å²) in [5.41, 5.74) is 2.51. The van der Waals surface area contributed by atoms with Gasteiger partial charge in [-0.25, -0.2) is 0 Å². The van der Waals surface area contributed by atoms with Gasteiger partial charge in [0.1, 0.15) is 0 Å². The minimum atomic E-state index is 0.583. The Labute approximate surface area is 123 Å². The normalized spacial score (nSPS) is 10.3. The van der Waals surface area contributed by atoms with E-state index in [2.05, 4.69) is 22.5 Å². The maximum Gasteiger partial charge on any atom is 0.0763 e. The summed E-state index contributed by atoms with van der Waals surface area (Å²) >= 11 is 12.2. The highest BCUT2D eigenvalue weighted by atomic mass is 35.5. The SMILES string of the molecule is CCCNc1cncc(Nc2c(Cl)cccc2Cl)c1. The predicted octanol–water partition coefficient (Wildman–Crippen LogP) is 4.95. The second-order valence-electron chi connectivity index (χ2n) is 4.11. The largest absolute Gasteiger partial charge is 0.384 e. The van der Waals surface area contributed by atoms with E-state index < -0.39 is 0 Å². The number of rotatable bonds is 5. The molecule has 2 aromatic rings. The summed E-state index contributed by atoms with van der Waals surface area (Å²) in [4.78, 5) is 4.18. The van der Waals surface area contributed by atoms with Gasteiger partial charge in [0.2, 0.25) is 0 Å². The third-order valence-corrected chi connectivity index (χ3v) is 3.18. The Bertz CT molecular complexity index is 538. The van der Waals surface area contributed by atoms with Crippen LogP contribution in [0.4, 0.5) is 17.1 Å². The van der Waals surface area contributed by atoms with E-state index in [1.165, 1.54) is 0 Å². The van der Waals surface area contributed by atoms with Crippen LogP contribution in [0.3, 0.4) is 0 Å². The van der Waals surface area contributed by atoms with Crippen LogP contribution in [-0.2, 0) is 0 Å². The molecule has 5 heteroatoms. The zero-order valence-electron chi connectivity index (χ0n) is 10.6. The van der Waals surface area contributed by atoms with Crippen molar-refractivity contribution < 1.29 is 0 Å². The van der Waals surface area contributed by atoms with Crippen LogP contribution in [0, 0.1) is 0 Å². The van der Waals surface area contributed by atoms with Gasteiger partial charge in [0.25, 0.3) is 0 Å². The zero-order chi connectivity index (χ0) is 13.7. The molecule has 0 radical (unpaired) electrons. The Morgan fingerprint density at radius 3 is 2.47 bits per heavy atom. The van der Waals surface area contributed by atoms with Crippen molar-refractivity contribution in [2.75, 3.05) is 17.2 Å². The Morgan fingerprint density at radius 1 is 1.11 bits per heavy atom. The number of anilines is 3. The van der Waals surface area contributed by atoms with Crippen molar-refractivity contribution in [3.8, 4) is 0 Å². The summed E-state index contributed by atoms with van der Waals surface area (Å²) in [6, 6.07) is 7.38. The number of nitrogens with zero attached hydrogens (tertiary/aromatic N) is 1. The summed E-state index contributed by atoms with van der Waals surface area (Å²) < 4.78 is 0. The van der Waals surface area contributed by atoms with Crippen molar-refractivity contribution in [3.63, 3.8) is 0 Å². The summed E-state index contributed by atoms with van der Waals surface area (Å²) in [5, 5.41) is 7.64. The number of hydrogen-bond acceptors (Lipinski definition) is 3. The van der Waals surface area contributed by atoms with E-state index in [4.69, 9.17) is 23.2 Å². The molecule has 1 aromatic carbocycles. The molecule has 0 saturated carbocycles. The fourth-order valence-electron chi connectivity index (χ4n) is 1.64. The first-order valence-corrected chi connectivity index (χ1v) is 6.86. The molecule has 2 rings (SSSR count). The number of hydrogen-bond donors (Lipinski definition) is 2. The van der Waals surface area contributed by atoms with E-state index >= 15 is 0 Å². The number of nitrogens with one attached hydrogen (secondary N) is 2. The number of pyridine rings is 1. The molecule has 2 N–H and O–H groups in total. The maximum absolute atomic E-state index is 6.12. The number of halogens is 2. The molecule has 0 unspecified atom stereocenters. The van der Waals surface area contributed by atoms with Gasteiger partial charge in [-0.15, -0.1) is 0 Å². The van der Waals surface area contributed by atoms with E-state index in [0.717, 1.165) is 24.3 Å². The first-order chi connectivity index (χ1) is 9.20. The van der Waals surface area contributed by atoms with Gasteiger partial charge in [0, 0.05) is 6.54 Å². The average Bonchev–Trinajstić information content (AvgIpc) is 2.41. The lowest BCUT2D eigenvalue weighted by molar-refractivity contribution is 0.978. The third-order valence-electron chi connectivity index (χ3n) is 2.55. The highest BCUT2D eigenvalue weighted by molar-refractivity contribution is 6.39. The first-order valence-electron chi connectivity index (χ1n) is 6.10. The molecule has 3 nitrogen and oxygen atoms in total. The van der Waals surface area contributed by atoms with Crippen LogP contribution in [0.15, 0.2) is 36.7 Å². The number of para-hydroxylation sites is 1. The minimum absolute atomic E-state index is 0.583. The van der Waals surface area contributed by atoms with Crippen molar-refractivity contribution in [3.05, 3.63) is 46.7 Å². The van der Waals surface area contributed by atoms with Crippen LogP contribution < -0.4 is 10.6 Å². The second kappa shape index (κ2) is 6.64. The van der Waals surface area contributed by atoms with Crippen LogP contribution in [-0.4, -0.2) is 11.5 Å². The van der Waals surface area contributed by atoms with Gasteiger partial charge >= 0.3 is 0 Å². The fourth-order valence-corrected chi connectivity index (χ4v) is 2.13. The third kappa shape index (κ3) is 3.75. The Hall–Kier alpha value is -1.45. The van der Waals surface area contributed by atoms with Crippen LogP contribution in [0.25, 0.3) is 0 Å². The molecule has 0 bridgehead atoms. The molecule has 0 atom stereocenters. The van der Waals surface area contributed by atoms with Gasteiger partial charge in [-0.3, -0.25) is 4.98 Å². The van der Waals surface area contributed by atoms with Crippen LogP contribution >= 0.6 is 23.2 Å². The van der Waals surface area contributed by atoms with Gasteiger partial charge in [0.05, 0.1) is 39.5 Å². The van der Waals surface area contributed by atoms with Crippen molar-refractivity contribution in [1.29, 1.82) is 0 Å². The highest BCUT2D eigenvalue weighted by Crippen LogP contribution is 2.32. The van der Waals surface area contributed by atoms with E-state index in [-0.39, 0.29) is 0 Å². The summed E-state index contributed by atoms with van der Waals surface area (Å²) in [7, 11) is 0. The van der Waals surface area contributed by atoms with E-state index in [0.29, 0.717) is 15.7 Å². The number of aromatic nitrogens is 1. The lowest BCUT2D eigenvalue weighted by atomic mass is 10.3. The summed E-state index contributed by atoms with van der Waals surface area (Å²) in [5.74, 6) is 0. The predicted molar refractivity (Wildman–Crippen MR) is 82.8 cm³/mol. The van der Waals surface area contributed by atoms with E-state index in [1.807, 2.05) is 12.1 Å². The average molecular weight is 296 g/mol. The smallest absolute Gasteiger partial charge is 0.0763 e.